The van der Waals surface area contributed by atoms with Crippen molar-refractivity contribution in [2.24, 2.45) is 0 Å². The van der Waals surface area contributed by atoms with Crippen molar-refractivity contribution in [1.82, 2.24) is 9.80 Å². The molecule has 2 rings (SSSR count). The zero-order chi connectivity index (χ0) is 14.7. The Morgan fingerprint density at radius 3 is 2.60 bits per heavy atom. The van der Waals surface area contributed by atoms with Crippen molar-refractivity contribution < 1.29 is 9.18 Å². The molecule has 0 aromatic heterocycles. The molecule has 1 aliphatic rings. The van der Waals surface area contributed by atoms with Crippen LogP contribution in [0.2, 0.25) is 0 Å². The van der Waals surface area contributed by atoms with Gasteiger partial charge in [-0.1, -0.05) is 0 Å². The van der Waals surface area contributed by atoms with E-state index in [0.29, 0.717) is 10.5 Å². The normalized spacial score (nSPS) is 16.1. The molecule has 0 bridgehead atoms. The Kier molecular flexibility index (Phi) is 4.86. The lowest BCUT2D eigenvalue weighted by atomic mass is 10.0. The molecule has 1 aromatic carbocycles. The van der Waals surface area contributed by atoms with Crippen molar-refractivity contribution in [3.05, 3.63) is 28.5 Å². The number of nitrogens with zero attached hydrogens (tertiary/aromatic N) is 2. The molecule has 0 unspecified atom stereocenters. The molecule has 0 spiro atoms. The van der Waals surface area contributed by atoms with Gasteiger partial charge in [0, 0.05) is 38.9 Å². The second kappa shape index (κ2) is 6.43. The van der Waals surface area contributed by atoms with E-state index in [1.165, 1.54) is 6.07 Å². The molecule has 1 aliphatic heterocycles. The number of hydrogen-bond acceptors (Lipinski definition) is 2. The summed E-state index contributed by atoms with van der Waals surface area (Å²) in [5.41, 5.74) is 0.899. The highest BCUT2D eigenvalue weighted by Crippen LogP contribution is 2.22. The van der Waals surface area contributed by atoms with E-state index in [0.717, 1.165) is 31.6 Å². The Morgan fingerprint density at radius 1 is 1.40 bits per heavy atom. The van der Waals surface area contributed by atoms with E-state index in [4.69, 9.17) is 0 Å². The molecule has 0 radical (unpaired) electrons. The molecular weight excluding hydrogens is 325 g/mol. The number of piperidine rings is 1. The lowest BCUT2D eigenvalue weighted by molar-refractivity contribution is 0.158. The fourth-order valence-corrected chi connectivity index (χ4v) is 2.70. The number of halogens is 2. The largest absolute Gasteiger partial charge is 0.382 e. The number of rotatable bonds is 2. The van der Waals surface area contributed by atoms with Crippen LogP contribution in [0.5, 0.6) is 0 Å². The molecular formula is C14H19BrFN3O. The monoisotopic (exact) mass is 343 g/mol. The summed E-state index contributed by atoms with van der Waals surface area (Å²) in [5.74, 6) is -0.262. The Hall–Kier alpha value is -1.30. The summed E-state index contributed by atoms with van der Waals surface area (Å²) in [6.45, 7) is 1.49. The molecule has 0 saturated carbocycles. The number of hydrogen-bond donors (Lipinski definition) is 1. The zero-order valence-electron chi connectivity index (χ0n) is 11.7. The van der Waals surface area contributed by atoms with Gasteiger partial charge >= 0.3 is 6.03 Å². The van der Waals surface area contributed by atoms with E-state index in [2.05, 4.69) is 21.2 Å². The highest BCUT2D eigenvalue weighted by molar-refractivity contribution is 9.10. The van der Waals surface area contributed by atoms with Gasteiger partial charge in [-0.3, -0.25) is 0 Å². The van der Waals surface area contributed by atoms with Crippen molar-refractivity contribution in [3.8, 4) is 0 Å². The summed E-state index contributed by atoms with van der Waals surface area (Å²) in [4.78, 5) is 15.3. The lowest BCUT2D eigenvalue weighted by Gasteiger charge is -2.34. The first-order chi connectivity index (χ1) is 9.47. The van der Waals surface area contributed by atoms with E-state index in [9.17, 15) is 9.18 Å². The minimum Gasteiger partial charge on any atom is -0.382 e. The molecule has 1 N–H and O–H groups in total. The average Bonchev–Trinajstić information content (AvgIpc) is 2.43. The van der Waals surface area contributed by atoms with Crippen LogP contribution >= 0.6 is 15.9 Å². The first-order valence-electron chi connectivity index (χ1n) is 6.65. The van der Waals surface area contributed by atoms with E-state index in [1.807, 2.05) is 4.90 Å². The first-order valence-corrected chi connectivity index (χ1v) is 7.44. The molecule has 1 aromatic rings. The third-order valence-electron chi connectivity index (χ3n) is 3.44. The van der Waals surface area contributed by atoms with Gasteiger partial charge in [0.25, 0.3) is 0 Å². The van der Waals surface area contributed by atoms with Gasteiger partial charge < -0.3 is 15.1 Å². The number of carbonyl (C=O) groups is 1. The molecule has 6 heteroatoms. The fourth-order valence-electron chi connectivity index (χ4n) is 2.32. The summed E-state index contributed by atoms with van der Waals surface area (Å²) in [5, 5.41) is 3.39. The van der Waals surface area contributed by atoms with E-state index < -0.39 is 0 Å². The molecule has 1 saturated heterocycles. The van der Waals surface area contributed by atoms with Crippen molar-refractivity contribution in [2.75, 3.05) is 32.5 Å². The number of nitrogens with one attached hydrogen (secondary N) is 1. The Balaban J connectivity index is 1.88. The quantitative estimate of drug-likeness (QED) is 0.895. The molecule has 1 fully saturated rings. The fraction of sp³-hybridized carbons (Fsp3) is 0.500. The van der Waals surface area contributed by atoms with Crippen LogP contribution in [0.4, 0.5) is 14.9 Å². The van der Waals surface area contributed by atoms with Gasteiger partial charge in [-0.15, -0.1) is 0 Å². The van der Waals surface area contributed by atoms with Crippen LogP contribution in [0.3, 0.4) is 0 Å². The predicted octanol–water partition coefficient (Wildman–Crippen LogP) is 3.15. The molecule has 20 heavy (non-hydrogen) atoms. The van der Waals surface area contributed by atoms with Crippen LogP contribution in [-0.4, -0.2) is 49.1 Å². The summed E-state index contributed by atoms with van der Waals surface area (Å²) in [6.07, 6.45) is 1.79. The molecule has 2 amide bonds. The number of anilines is 1. The molecule has 110 valence electrons. The van der Waals surface area contributed by atoms with Crippen molar-refractivity contribution in [2.45, 2.75) is 18.9 Å². The topological polar surface area (TPSA) is 35.6 Å². The molecule has 0 atom stereocenters. The summed E-state index contributed by atoms with van der Waals surface area (Å²) >= 11 is 3.18. The average molecular weight is 344 g/mol. The number of carbonyl (C=O) groups excluding carboxylic acids is 1. The highest BCUT2D eigenvalue weighted by Gasteiger charge is 2.23. The van der Waals surface area contributed by atoms with Gasteiger partial charge in [-0.25, -0.2) is 9.18 Å². The van der Waals surface area contributed by atoms with Gasteiger partial charge in [0.05, 0.1) is 4.47 Å². The number of benzene rings is 1. The SMILES string of the molecule is CN(C)C(=O)N1CCC(Nc2ccc(F)c(Br)c2)CC1. The first kappa shape index (κ1) is 15.1. The van der Waals surface area contributed by atoms with Crippen LogP contribution in [-0.2, 0) is 0 Å². The second-order valence-electron chi connectivity index (χ2n) is 5.21. The molecule has 0 aliphatic carbocycles. The summed E-state index contributed by atoms with van der Waals surface area (Å²) in [6, 6.07) is 5.30. The number of likely N-dealkylation sites (tertiary alicyclic amines) is 1. The number of amides is 2. The van der Waals surface area contributed by atoms with Gasteiger partial charge in [0.15, 0.2) is 0 Å². The van der Waals surface area contributed by atoms with Crippen molar-refractivity contribution >= 4 is 27.6 Å². The van der Waals surface area contributed by atoms with Crippen LogP contribution < -0.4 is 5.32 Å². The lowest BCUT2D eigenvalue weighted by Crippen LogP contribution is -2.46. The number of urea groups is 1. The molecule has 1 heterocycles. The Morgan fingerprint density at radius 2 is 2.05 bits per heavy atom. The van der Waals surface area contributed by atoms with Gasteiger partial charge in [0.1, 0.15) is 5.82 Å². The van der Waals surface area contributed by atoms with Crippen molar-refractivity contribution in [3.63, 3.8) is 0 Å². The van der Waals surface area contributed by atoms with Gasteiger partial charge in [-0.2, -0.15) is 0 Å². The van der Waals surface area contributed by atoms with Crippen LogP contribution in [0.1, 0.15) is 12.8 Å². The summed E-state index contributed by atoms with van der Waals surface area (Å²) < 4.78 is 13.6. The van der Waals surface area contributed by atoms with Gasteiger partial charge in [0.2, 0.25) is 0 Å². The van der Waals surface area contributed by atoms with E-state index in [-0.39, 0.29) is 11.8 Å². The summed E-state index contributed by atoms with van der Waals surface area (Å²) in [7, 11) is 3.53. The van der Waals surface area contributed by atoms with Gasteiger partial charge in [-0.05, 0) is 47.0 Å². The van der Waals surface area contributed by atoms with Crippen LogP contribution in [0.15, 0.2) is 22.7 Å². The van der Waals surface area contributed by atoms with E-state index in [1.54, 1.807) is 31.1 Å². The molecule has 4 nitrogen and oxygen atoms in total. The highest BCUT2D eigenvalue weighted by atomic mass is 79.9. The maximum Gasteiger partial charge on any atom is 0.319 e. The van der Waals surface area contributed by atoms with E-state index >= 15 is 0 Å². The maximum atomic E-state index is 13.2. The Bertz CT molecular complexity index is 487. The third kappa shape index (κ3) is 3.62. The predicted molar refractivity (Wildman–Crippen MR) is 81.4 cm³/mol. The van der Waals surface area contributed by atoms with Crippen molar-refractivity contribution in [1.29, 1.82) is 0 Å². The minimum absolute atomic E-state index is 0.0629. The smallest absolute Gasteiger partial charge is 0.319 e. The third-order valence-corrected chi connectivity index (χ3v) is 4.05. The van der Waals surface area contributed by atoms with Crippen LogP contribution in [0.25, 0.3) is 0 Å². The Labute approximate surface area is 127 Å². The van der Waals surface area contributed by atoms with Crippen LogP contribution in [0, 0.1) is 5.82 Å². The zero-order valence-corrected chi connectivity index (χ0v) is 13.3. The minimum atomic E-state index is -0.262. The standard InChI is InChI=1S/C14H19BrFN3O/c1-18(2)14(20)19-7-5-10(6-8-19)17-11-3-4-13(16)12(15)9-11/h3-4,9-10,17H,5-8H2,1-2H3. The second-order valence-corrected chi connectivity index (χ2v) is 6.07. The maximum absolute atomic E-state index is 13.2.